The van der Waals surface area contributed by atoms with Crippen molar-refractivity contribution >= 4 is 27.3 Å². The number of nitrogens with zero attached hydrogens (tertiary/aromatic N) is 1. The van der Waals surface area contributed by atoms with Crippen LogP contribution < -0.4 is 9.47 Å². The van der Waals surface area contributed by atoms with Crippen molar-refractivity contribution in [2.45, 2.75) is 0 Å². The van der Waals surface area contributed by atoms with Gasteiger partial charge in [0, 0.05) is 11.6 Å². The van der Waals surface area contributed by atoms with E-state index in [1.165, 1.54) is 0 Å². The molecular formula is C11H10BrNO2S. The molecule has 2 aromatic rings. The Bertz CT molecular complexity index is 498. The van der Waals surface area contributed by atoms with Crippen molar-refractivity contribution < 1.29 is 9.47 Å². The first kappa shape index (κ1) is 11.4. The van der Waals surface area contributed by atoms with E-state index in [0.717, 1.165) is 26.5 Å². The largest absolute Gasteiger partial charge is 0.497 e. The minimum Gasteiger partial charge on any atom is -0.497 e. The van der Waals surface area contributed by atoms with E-state index in [9.17, 15) is 0 Å². The van der Waals surface area contributed by atoms with E-state index < -0.39 is 0 Å². The molecule has 0 spiro atoms. The quantitative estimate of drug-likeness (QED) is 0.868. The Hall–Kier alpha value is -1.07. The van der Waals surface area contributed by atoms with Crippen molar-refractivity contribution in [2.24, 2.45) is 0 Å². The highest BCUT2D eigenvalue weighted by Gasteiger charge is 2.12. The molecule has 0 amide bonds. The summed E-state index contributed by atoms with van der Waals surface area (Å²) < 4.78 is 11.5. The molecule has 0 aliphatic carbocycles. The van der Waals surface area contributed by atoms with Crippen LogP contribution in [0.25, 0.3) is 11.3 Å². The van der Waals surface area contributed by atoms with E-state index in [1.54, 1.807) is 31.1 Å². The molecule has 16 heavy (non-hydrogen) atoms. The second-order valence-electron chi connectivity index (χ2n) is 3.04. The first-order valence-electron chi connectivity index (χ1n) is 4.57. The van der Waals surface area contributed by atoms with Gasteiger partial charge in [0.1, 0.15) is 11.5 Å². The molecule has 0 fully saturated rings. The summed E-state index contributed by atoms with van der Waals surface area (Å²) in [7, 11) is 3.27. The van der Waals surface area contributed by atoms with Crippen molar-refractivity contribution in [3.63, 3.8) is 0 Å². The normalized spacial score (nSPS) is 10.2. The first-order chi connectivity index (χ1) is 7.76. The zero-order valence-corrected chi connectivity index (χ0v) is 11.3. The Morgan fingerprint density at radius 1 is 1.25 bits per heavy atom. The molecule has 0 saturated heterocycles. The number of thiazole rings is 1. The van der Waals surface area contributed by atoms with Crippen molar-refractivity contribution in [3.8, 4) is 22.8 Å². The highest BCUT2D eigenvalue weighted by molar-refractivity contribution is 9.11. The maximum Gasteiger partial charge on any atom is 0.132 e. The number of benzene rings is 1. The number of rotatable bonds is 3. The number of halogens is 1. The molecule has 0 aliphatic heterocycles. The standard InChI is InChI=1S/C11H10BrNO2S/c1-14-7-3-4-8(9(5-7)15-2)10-11(12)16-6-13-10/h3-6H,1-2H3. The Balaban J connectivity index is 2.53. The van der Waals surface area contributed by atoms with Gasteiger partial charge in [-0.3, -0.25) is 0 Å². The van der Waals surface area contributed by atoms with Gasteiger partial charge in [-0.05, 0) is 28.1 Å². The monoisotopic (exact) mass is 299 g/mol. The third kappa shape index (κ3) is 2.05. The van der Waals surface area contributed by atoms with Crippen LogP contribution in [0.15, 0.2) is 27.5 Å². The summed E-state index contributed by atoms with van der Waals surface area (Å²) in [5.74, 6) is 1.53. The van der Waals surface area contributed by atoms with Crippen LogP contribution in [0.3, 0.4) is 0 Å². The molecular weight excluding hydrogens is 290 g/mol. The number of ether oxygens (including phenoxy) is 2. The molecule has 1 aromatic carbocycles. The lowest BCUT2D eigenvalue weighted by atomic mass is 10.1. The Labute approximate surface area is 106 Å². The highest BCUT2D eigenvalue weighted by atomic mass is 79.9. The van der Waals surface area contributed by atoms with E-state index in [-0.39, 0.29) is 0 Å². The second-order valence-corrected chi connectivity index (χ2v) is 5.21. The van der Waals surface area contributed by atoms with E-state index in [2.05, 4.69) is 20.9 Å². The molecule has 84 valence electrons. The van der Waals surface area contributed by atoms with E-state index in [4.69, 9.17) is 9.47 Å². The van der Waals surface area contributed by atoms with Gasteiger partial charge in [0.15, 0.2) is 0 Å². The molecule has 2 rings (SSSR count). The van der Waals surface area contributed by atoms with Crippen molar-refractivity contribution in [1.29, 1.82) is 0 Å². The topological polar surface area (TPSA) is 31.4 Å². The second kappa shape index (κ2) is 4.84. The van der Waals surface area contributed by atoms with Gasteiger partial charge in [0.2, 0.25) is 0 Å². The lowest BCUT2D eigenvalue weighted by Crippen LogP contribution is -1.90. The minimum absolute atomic E-state index is 0.756. The average Bonchev–Trinajstić information content (AvgIpc) is 2.74. The maximum atomic E-state index is 5.33. The van der Waals surface area contributed by atoms with Gasteiger partial charge < -0.3 is 9.47 Å². The fourth-order valence-corrected chi connectivity index (χ4v) is 2.49. The maximum absolute atomic E-state index is 5.33. The zero-order chi connectivity index (χ0) is 11.5. The first-order valence-corrected chi connectivity index (χ1v) is 6.25. The molecule has 0 radical (unpaired) electrons. The molecule has 0 aliphatic rings. The average molecular weight is 300 g/mol. The van der Waals surface area contributed by atoms with E-state index in [1.807, 2.05) is 18.2 Å². The van der Waals surface area contributed by atoms with Crippen LogP contribution in [0.5, 0.6) is 11.5 Å². The number of methoxy groups -OCH3 is 2. The molecule has 5 heteroatoms. The summed E-state index contributed by atoms with van der Waals surface area (Å²) in [6, 6.07) is 5.68. The van der Waals surface area contributed by atoms with Gasteiger partial charge in [-0.2, -0.15) is 0 Å². The van der Waals surface area contributed by atoms with Crippen molar-refractivity contribution in [1.82, 2.24) is 4.98 Å². The predicted molar refractivity (Wildman–Crippen MR) is 68.4 cm³/mol. The fraction of sp³-hybridized carbons (Fsp3) is 0.182. The molecule has 0 atom stereocenters. The van der Waals surface area contributed by atoms with Crippen LogP contribution in [-0.2, 0) is 0 Å². The van der Waals surface area contributed by atoms with Crippen LogP contribution in [0.2, 0.25) is 0 Å². The molecule has 1 heterocycles. The molecule has 3 nitrogen and oxygen atoms in total. The predicted octanol–water partition coefficient (Wildman–Crippen LogP) is 3.59. The van der Waals surface area contributed by atoms with Crippen molar-refractivity contribution in [3.05, 3.63) is 27.5 Å². The number of hydrogen-bond donors (Lipinski definition) is 0. The molecule has 0 saturated carbocycles. The van der Waals surface area contributed by atoms with Crippen LogP contribution in [0.1, 0.15) is 0 Å². The van der Waals surface area contributed by atoms with Gasteiger partial charge in [0.25, 0.3) is 0 Å². The van der Waals surface area contributed by atoms with Crippen LogP contribution in [0.4, 0.5) is 0 Å². The summed E-state index contributed by atoms with van der Waals surface area (Å²) in [5.41, 5.74) is 3.64. The van der Waals surface area contributed by atoms with Gasteiger partial charge in [-0.15, -0.1) is 11.3 Å². The zero-order valence-electron chi connectivity index (χ0n) is 8.86. The summed E-state index contributed by atoms with van der Waals surface area (Å²) in [6.45, 7) is 0. The number of hydrogen-bond acceptors (Lipinski definition) is 4. The van der Waals surface area contributed by atoms with Crippen LogP contribution in [0, 0.1) is 0 Å². The number of aromatic nitrogens is 1. The molecule has 0 unspecified atom stereocenters. The Morgan fingerprint density at radius 3 is 2.62 bits per heavy atom. The third-order valence-corrected chi connectivity index (χ3v) is 3.74. The third-order valence-electron chi connectivity index (χ3n) is 2.19. The summed E-state index contributed by atoms with van der Waals surface area (Å²) in [5, 5.41) is 0. The van der Waals surface area contributed by atoms with E-state index >= 15 is 0 Å². The van der Waals surface area contributed by atoms with Gasteiger partial charge in [-0.25, -0.2) is 4.98 Å². The van der Waals surface area contributed by atoms with Gasteiger partial charge in [-0.1, -0.05) is 0 Å². The summed E-state index contributed by atoms with van der Waals surface area (Å²) in [6.07, 6.45) is 0. The Morgan fingerprint density at radius 2 is 2.06 bits per heavy atom. The highest BCUT2D eigenvalue weighted by Crippen LogP contribution is 2.37. The lowest BCUT2D eigenvalue weighted by Gasteiger charge is -2.08. The molecule has 0 N–H and O–H groups in total. The van der Waals surface area contributed by atoms with Crippen LogP contribution >= 0.6 is 27.3 Å². The summed E-state index contributed by atoms with van der Waals surface area (Å²) in [4.78, 5) is 4.30. The smallest absolute Gasteiger partial charge is 0.132 e. The Kier molecular flexibility index (Phi) is 3.46. The minimum atomic E-state index is 0.756. The molecule has 0 bridgehead atoms. The van der Waals surface area contributed by atoms with Gasteiger partial charge in [0.05, 0.1) is 29.2 Å². The summed E-state index contributed by atoms with van der Waals surface area (Å²) >= 11 is 5.02. The van der Waals surface area contributed by atoms with E-state index in [0.29, 0.717) is 0 Å². The fourth-order valence-electron chi connectivity index (χ4n) is 1.40. The SMILES string of the molecule is COc1ccc(-c2ncsc2Br)c(OC)c1. The lowest BCUT2D eigenvalue weighted by molar-refractivity contribution is 0.395. The molecule has 1 aromatic heterocycles. The van der Waals surface area contributed by atoms with Crippen molar-refractivity contribution in [2.75, 3.05) is 14.2 Å². The van der Waals surface area contributed by atoms with Crippen LogP contribution in [-0.4, -0.2) is 19.2 Å². The van der Waals surface area contributed by atoms with Gasteiger partial charge >= 0.3 is 0 Å².